The van der Waals surface area contributed by atoms with Crippen LogP contribution < -0.4 is 11.1 Å². The van der Waals surface area contributed by atoms with Crippen molar-refractivity contribution >= 4 is 5.91 Å². The highest BCUT2D eigenvalue weighted by Crippen LogP contribution is 2.25. The van der Waals surface area contributed by atoms with E-state index in [1.54, 1.807) is 0 Å². The lowest BCUT2D eigenvalue weighted by molar-refractivity contribution is -0.140. The third-order valence-corrected chi connectivity index (χ3v) is 3.69. The van der Waals surface area contributed by atoms with Gasteiger partial charge in [0.25, 0.3) is 5.91 Å². The van der Waals surface area contributed by atoms with Gasteiger partial charge in [0.2, 0.25) is 0 Å². The van der Waals surface area contributed by atoms with Crippen LogP contribution in [-0.2, 0) is 6.54 Å². The van der Waals surface area contributed by atoms with Crippen LogP contribution in [0.5, 0.6) is 0 Å². The molecule has 1 fully saturated rings. The molecule has 0 aliphatic heterocycles. The van der Waals surface area contributed by atoms with Crippen molar-refractivity contribution in [3.8, 4) is 0 Å². The number of nitrogens with two attached hydrogens (primary N) is 1. The van der Waals surface area contributed by atoms with Crippen LogP contribution in [0.3, 0.4) is 0 Å². The maximum absolute atomic E-state index is 12.4. The predicted molar refractivity (Wildman–Crippen MR) is 68.1 cm³/mol. The fraction of sp³-hybridized carbons (Fsp3) is 0.615. The van der Waals surface area contributed by atoms with Crippen LogP contribution in [0.4, 0.5) is 13.2 Å². The minimum Gasteiger partial charge on any atom is -0.348 e. The van der Waals surface area contributed by atoms with E-state index < -0.39 is 18.6 Å². The Morgan fingerprint density at radius 1 is 1.45 bits per heavy atom. The molecule has 1 aromatic rings. The fourth-order valence-corrected chi connectivity index (χ4v) is 2.70. The van der Waals surface area contributed by atoms with E-state index in [2.05, 4.69) is 5.32 Å². The molecule has 0 saturated heterocycles. The molecule has 3 N–H and O–H groups in total. The van der Waals surface area contributed by atoms with Crippen LogP contribution in [0.15, 0.2) is 18.3 Å². The van der Waals surface area contributed by atoms with E-state index in [4.69, 9.17) is 5.73 Å². The molecule has 2 unspecified atom stereocenters. The van der Waals surface area contributed by atoms with Crippen LogP contribution in [0, 0.1) is 5.92 Å². The lowest BCUT2D eigenvalue weighted by Gasteiger charge is -2.20. The molecule has 2 rings (SSSR count). The van der Waals surface area contributed by atoms with Crippen molar-refractivity contribution in [2.75, 3.05) is 6.54 Å². The van der Waals surface area contributed by atoms with E-state index in [1.807, 2.05) is 0 Å². The molecule has 1 aliphatic rings. The molecule has 112 valence electrons. The van der Waals surface area contributed by atoms with Gasteiger partial charge >= 0.3 is 6.18 Å². The number of hydrogen-bond donors (Lipinski definition) is 2. The number of halogens is 3. The van der Waals surface area contributed by atoms with E-state index in [1.165, 1.54) is 18.3 Å². The fourth-order valence-electron chi connectivity index (χ4n) is 2.70. The molecule has 1 aromatic heterocycles. The van der Waals surface area contributed by atoms with Gasteiger partial charge in [-0.1, -0.05) is 6.42 Å². The van der Waals surface area contributed by atoms with Crippen LogP contribution >= 0.6 is 0 Å². The van der Waals surface area contributed by atoms with Gasteiger partial charge in [0.05, 0.1) is 0 Å². The van der Waals surface area contributed by atoms with Gasteiger partial charge in [0.1, 0.15) is 12.2 Å². The Morgan fingerprint density at radius 3 is 2.85 bits per heavy atom. The summed E-state index contributed by atoms with van der Waals surface area (Å²) in [6, 6.07) is 2.80. The van der Waals surface area contributed by atoms with Gasteiger partial charge in [-0.3, -0.25) is 4.79 Å². The predicted octanol–water partition coefficient (Wildman–Crippen LogP) is 1.91. The second-order valence-corrected chi connectivity index (χ2v) is 5.14. The zero-order chi connectivity index (χ0) is 14.8. The summed E-state index contributed by atoms with van der Waals surface area (Å²) < 4.78 is 38.2. The number of amides is 1. The highest BCUT2D eigenvalue weighted by molar-refractivity contribution is 5.93. The largest absolute Gasteiger partial charge is 0.406 e. The number of rotatable bonds is 4. The van der Waals surface area contributed by atoms with Crippen LogP contribution in [-0.4, -0.2) is 29.2 Å². The lowest BCUT2D eigenvalue weighted by atomic mass is 10.0. The van der Waals surface area contributed by atoms with E-state index in [0.29, 0.717) is 6.54 Å². The van der Waals surface area contributed by atoms with Crippen molar-refractivity contribution in [2.24, 2.45) is 11.7 Å². The number of hydrogen-bond acceptors (Lipinski definition) is 2. The molecule has 7 heteroatoms. The SMILES string of the molecule is NCC1CCCC1NC(=O)c1cccn1CC(F)(F)F. The summed E-state index contributed by atoms with van der Waals surface area (Å²) in [5, 5.41) is 2.80. The Hall–Kier alpha value is -1.50. The molecule has 0 radical (unpaired) electrons. The monoisotopic (exact) mass is 289 g/mol. The van der Waals surface area contributed by atoms with Crippen LogP contribution in [0.1, 0.15) is 29.8 Å². The molecule has 0 bridgehead atoms. The molecule has 1 aliphatic carbocycles. The second-order valence-electron chi connectivity index (χ2n) is 5.14. The Kier molecular flexibility index (Phi) is 4.37. The number of nitrogens with zero attached hydrogens (tertiary/aromatic N) is 1. The Morgan fingerprint density at radius 2 is 2.20 bits per heavy atom. The lowest BCUT2D eigenvalue weighted by Crippen LogP contribution is -2.40. The van der Waals surface area contributed by atoms with Crippen molar-refractivity contribution < 1.29 is 18.0 Å². The van der Waals surface area contributed by atoms with Gasteiger partial charge in [-0.25, -0.2) is 0 Å². The topological polar surface area (TPSA) is 60.0 Å². The summed E-state index contributed by atoms with van der Waals surface area (Å²) in [7, 11) is 0. The van der Waals surface area contributed by atoms with Gasteiger partial charge in [0.15, 0.2) is 0 Å². The standard InChI is InChI=1S/C13H18F3N3O/c14-13(15,16)8-19-6-2-5-11(19)12(20)18-10-4-1-3-9(10)7-17/h2,5-6,9-10H,1,3-4,7-8,17H2,(H,18,20). The first-order valence-electron chi connectivity index (χ1n) is 6.63. The molecule has 0 aromatic carbocycles. The first-order valence-corrected chi connectivity index (χ1v) is 6.63. The molecule has 1 heterocycles. The van der Waals surface area contributed by atoms with Gasteiger partial charge in [-0.15, -0.1) is 0 Å². The normalized spacial score (nSPS) is 23.0. The van der Waals surface area contributed by atoms with E-state index in [-0.39, 0.29) is 17.7 Å². The molecular formula is C13H18F3N3O. The van der Waals surface area contributed by atoms with Crippen LogP contribution in [0.2, 0.25) is 0 Å². The van der Waals surface area contributed by atoms with E-state index >= 15 is 0 Å². The molecule has 0 spiro atoms. The van der Waals surface area contributed by atoms with E-state index in [0.717, 1.165) is 23.8 Å². The first kappa shape index (κ1) is 14.9. The quantitative estimate of drug-likeness (QED) is 0.889. The zero-order valence-electron chi connectivity index (χ0n) is 11.0. The van der Waals surface area contributed by atoms with Crippen molar-refractivity contribution in [3.05, 3.63) is 24.0 Å². The number of carbonyl (C=O) groups excluding carboxylic acids is 1. The minimum absolute atomic E-state index is 0.0324. The van der Waals surface area contributed by atoms with Crippen molar-refractivity contribution in [1.82, 2.24) is 9.88 Å². The van der Waals surface area contributed by atoms with Crippen molar-refractivity contribution in [3.63, 3.8) is 0 Å². The Balaban J connectivity index is 2.04. The van der Waals surface area contributed by atoms with Crippen molar-refractivity contribution in [1.29, 1.82) is 0 Å². The van der Waals surface area contributed by atoms with Gasteiger partial charge < -0.3 is 15.6 Å². The Bertz CT molecular complexity index is 470. The van der Waals surface area contributed by atoms with Crippen molar-refractivity contribution in [2.45, 2.75) is 38.0 Å². The zero-order valence-corrected chi connectivity index (χ0v) is 11.0. The Labute approximate surface area is 115 Å². The highest BCUT2D eigenvalue weighted by Gasteiger charge is 2.31. The maximum atomic E-state index is 12.4. The summed E-state index contributed by atoms with van der Waals surface area (Å²) in [6.45, 7) is -0.678. The molecule has 20 heavy (non-hydrogen) atoms. The molecule has 4 nitrogen and oxygen atoms in total. The maximum Gasteiger partial charge on any atom is 0.406 e. The average Bonchev–Trinajstić information content (AvgIpc) is 2.95. The molecule has 2 atom stereocenters. The minimum atomic E-state index is -4.35. The smallest absolute Gasteiger partial charge is 0.348 e. The summed E-state index contributed by atoms with van der Waals surface area (Å²) in [4.78, 5) is 12.1. The molecule has 1 amide bonds. The van der Waals surface area contributed by atoms with E-state index in [9.17, 15) is 18.0 Å². The van der Waals surface area contributed by atoms with Crippen LogP contribution in [0.25, 0.3) is 0 Å². The third-order valence-electron chi connectivity index (χ3n) is 3.69. The second kappa shape index (κ2) is 5.87. The number of carbonyl (C=O) groups is 1. The summed E-state index contributed by atoms with van der Waals surface area (Å²) >= 11 is 0. The summed E-state index contributed by atoms with van der Waals surface area (Å²) in [5.41, 5.74) is 5.66. The highest BCUT2D eigenvalue weighted by atomic mass is 19.4. The first-order chi connectivity index (χ1) is 9.40. The number of nitrogens with one attached hydrogen (secondary N) is 1. The van der Waals surface area contributed by atoms with Gasteiger partial charge in [0, 0.05) is 12.2 Å². The molecule has 1 saturated carbocycles. The number of aromatic nitrogens is 1. The average molecular weight is 289 g/mol. The third kappa shape index (κ3) is 3.53. The summed E-state index contributed by atoms with van der Waals surface area (Å²) in [5.74, 6) is -0.255. The van der Waals surface area contributed by atoms with Gasteiger partial charge in [-0.05, 0) is 37.4 Å². The number of alkyl halides is 3. The molecular weight excluding hydrogens is 271 g/mol. The summed E-state index contributed by atoms with van der Waals surface area (Å²) in [6.07, 6.45) is -0.326. The van der Waals surface area contributed by atoms with Gasteiger partial charge in [-0.2, -0.15) is 13.2 Å².